The standard InChI is InChI=1S/C15H14F2N2O2/c1-9(20)11-5-14(18-7-11)15(21)19(2)8-10-3-4-12(16)6-13(10)17/h3-7,18H,8H2,1-2H3. The molecule has 0 aliphatic rings. The van der Waals surface area contributed by atoms with E-state index in [1.54, 1.807) is 0 Å². The smallest absolute Gasteiger partial charge is 0.270 e. The van der Waals surface area contributed by atoms with Gasteiger partial charge in [-0.05, 0) is 19.1 Å². The summed E-state index contributed by atoms with van der Waals surface area (Å²) in [6, 6.07) is 4.65. The van der Waals surface area contributed by atoms with Crippen molar-refractivity contribution in [2.45, 2.75) is 13.5 Å². The van der Waals surface area contributed by atoms with Crippen LogP contribution in [0.1, 0.15) is 33.3 Å². The molecule has 0 saturated heterocycles. The Morgan fingerprint density at radius 1 is 1.24 bits per heavy atom. The van der Waals surface area contributed by atoms with Crippen LogP contribution in [0, 0.1) is 11.6 Å². The lowest BCUT2D eigenvalue weighted by Crippen LogP contribution is -2.26. The van der Waals surface area contributed by atoms with Crippen molar-refractivity contribution in [2.75, 3.05) is 7.05 Å². The van der Waals surface area contributed by atoms with Gasteiger partial charge in [-0.3, -0.25) is 9.59 Å². The molecule has 0 atom stereocenters. The third kappa shape index (κ3) is 3.34. The molecule has 2 aromatic rings. The van der Waals surface area contributed by atoms with Gasteiger partial charge in [-0.1, -0.05) is 6.07 Å². The number of aromatic amines is 1. The first-order chi connectivity index (χ1) is 9.88. The Bertz CT molecular complexity index is 695. The minimum Gasteiger partial charge on any atom is -0.356 e. The molecule has 0 unspecified atom stereocenters. The average Bonchev–Trinajstić information content (AvgIpc) is 2.90. The second-order valence-corrected chi connectivity index (χ2v) is 4.76. The largest absolute Gasteiger partial charge is 0.356 e. The van der Waals surface area contributed by atoms with Crippen LogP contribution in [-0.4, -0.2) is 28.6 Å². The van der Waals surface area contributed by atoms with Crippen LogP contribution in [0.15, 0.2) is 30.5 Å². The van der Waals surface area contributed by atoms with Gasteiger partial charge in [0.1, 0.15) is 17.3 Å². The molecule has 0 aliphatic carbocycles. The van der Waals surface area contributed by atoms with E-state index < -0.39 is 11.6 Å². The fourth-order valence-corrected chi connectivity index (χ4v) is 1.90. The number of amides is 1. The van der Waals surface area contributed by atoms with Crippen molar-refractivity contribution < 1.29 is 18.4 Å². The van der Waals surface area contributed by atoms with Crippen LogP contribution in [0.5, 0.6) is 0 Å². The Labute approximate surface area is 120 Å². The summed E-state index contributed by atoms with van der Waals surface area (Å²) >= 11 is 0. The molecule has 21 heavy (non-hydrogen) atoms. The number of nitrogens with one attached hydrogen (secondary N) is 1. The van der Waals surface area contributed by atoms with Crippen molar-refractivity contribution in [1.82, 2.24) is 9.88 Å². The molecule has 1 N–H and O–H groups in total. The number of benzene rings is 1. The van der Waals surface area contributed by atoms with Gasteiger partial charge in [0.2, 0.25) is 0 Å². The Morgan fingerprint density at radius 3 is 2.52 bits per heavy atom. The maximum Gasteiger partial charge on any atom is 0.270 e. The van der Waals surface area contributed by atoms with E-state index in [2.05, 4.69) is 4.98 Å². The molecule has 1 aromatic heterocycles. The maximum atomic E-state index is 13.6. The van der Waals surface area contributed by atoms with Gasteiger partial charge in [0, 0.05) is 37.0 Å². The number of Topliss-reactive ketones (excluding diaryl/α,β-unsaturated/α-hetero) is 1. The zero-order valence-electron chi connectivity index (χ0n) is 11.6. The molecule has 0 spiro atoms. The van der Waals surface area contributed by atoms with Gasteiger partial charge >= 0.3 is 0 Å². The molecular weight excluding hydrogens is 278 g/mol. The summed E-state index contributed by atoms with van der Waals surface area (Å²) in [5.74, 6) is -1.91. The van der Waals surface area contributed by atoms with Crippen LogP contribution in [0.2, 0.25) is 0 Å². The number of rotatable bonds is 4. The van der Waals surface area contributed by atoms with Crippen LogP contribution in [0.25, 0.3) is 0 Å². The van der Waals surface area contributed by atoms with E-state index in [9.17, 15) is 18.4 Å². The Kier molecular flexibility index (Phi) is 4.16. The van der Waals surface area contributed by atoms with E-state index in [-0.39, 0.29) is 29.5 Å². The zero-order valence-corrected chi connectivity index (χ0v) is 11.6. The first kappa shape index (κ1) is 14.9. The molecular formula is C15H14F2N2O2. The second-order valence-electron chi connectivity index (χ2n) is 4.76. The number of hydrogen-bond donors (Lipinski definition) is 1. The summed E-state index contributed by atoms with van der Waals surface area (Å²) in [7, 11) is 1.50. The van der Waals surface area contributed by atoms with E-state index in [0.29, 0.717) is 5.56 Å². The SMILES string of the molecule is CC(=O)c1c[nH]c(C(=O)N(C)Cc2ccc(F)cc2F)c1. The van der Waals surface area contributed by atoms with Crippen molar-refractivity contribution in [3.8, 4) is 0 Å². The third-order valence-electron chi connectivity index (χ3n) is 3.09. The lowest BCUT2D eigenvalue weighted by Gasteiger charge is -2.16. The van der Waals surface area contributed by atoms with Crippen LogP contribution >= 0.6 is 0 Å². The number of H-pyrrole nitrogens is 1. The Hall–Kier alpha value is -2.50. The van der Waals surface area contributed by atoms with Crippen molar-refractivity contribution in [3.63, 3.8) is 0 Å². The number of aromatic nitrogens is 1. The predicted octanol–water partition coefficient (Wildman–Crippen LogP) is 2.77. The van der Waals surface area contributed by atoms with Crippen LogP contribution in [0.3, 0.4) is 0 Å². The first-order valence-corrected chi connectivity index (χ1v) is 6.27. The summed E-state index contributed by atoms with van der Waals surface area (Å²) < 4.78 is 26.4. The minimum absolute atomic E-state index is 0.000624. The number of ketones is 1. The summed E-state index contributed by atoms with van der Waals surface area (Å²) in [4.78, 5) is 27.3. The van der Waals surface area contributed by atoms with Crippen molar-refractivity contribution in [3.05, 3.63) is 58.9 Å². The highest BCUT2D eigenvalue weighted by Crippen LogP contribution is 2.13. The summed E-state index contributed by atoms with van der Waals surface area (Å²) in [5, 5.41) is 0. The highest BCUT2D eigenvalue weighted by Gasteiger charge is 2.16. The molecule has 0 bridgehead atoms. The fraction of sp³-hybridized carbons (Fsp3) is 0.200. The molecule has 6 heteroatoms. The van der Waals surface area contributed by atoms with E-state index in [1.807, 2.05) is 0 Å². The number of hydrogen-bond acceptors (Lipinski definition) is 2. The molecule has 4 nitrogen and oxygen atoms in total. The van der Waals surface area contributed by atoms with Gasteiger partial charge in [-0.15, -0.1) is 0 Å². The van der Waals surface area contributed by atoms with Gasteiger partial charge in [0.05, 0.1) is 0 Å². The molecule has 1 amide bonds. The van der Waals surface area contributed by atoms with Crippen LogP contribution in [0.4, 0.5) is 8.78 Å². The normalized spacial score (nSPS) is 10.5. The molecule has 0 fully saturated rings. The first-order valence-electron chi connectivity index (χ1n) is 6.27. The minimum atomic E-state index is -0.703. The van der Waals surface area contributed by atoms with Gasteiger partial charge in [-0.2, -0.15) is 0 Å². The van der Waals surface area contributed by atoms with Crippen LogP contribution < -0.4 is 0 Å². The molecule has 1 aromatic carbocycles. The van der Waals surface area contributed by atoms with Gasteiger partial charge in [0.15, 0.2) is 5.78 Å². The number of nitrogens with zero attached hydrogens (tertiary/aromatic N) is 1. The quantitative estimate of drug-likeness (QED) is 0.881. The van der Waals surface area contributed by atoms with Crippen LogP contribution in [-0.2, 0) is 6.54 Å². The monoisotopic (exact) mass is 292 g/mol. The van der Waals surface area contributed by atoms with E-state index in [1.165, 1.54) is 37.2 Å². The second kappa shape index (κ2) is 5.87. The fourth-order valence-electron chi connectivity index (χ4n) is 1.90. The molecule has 0 saturated carbocycles. The maximum absolute atomic E-state index is 13.6. The molecule has 1 heterocycles. The molecule has 110 valence electrons. The number of halogens is 2. The molecule has 0 aliphatic heterocycles. The predicted molar refractivity (Wildman–Crippen MR) is 73.0 cm³/mol. The average molecular weight is 292 g/mol. The lowest BCUT2D eigenvalue weighted by molar-refractivity contribution is 0.0778. The van der Waals surface area contributed by atoms with E-state index >= 15 is 0 Å². The Balaban J connectivity index is 2.13. The summed E-state index contributed by atoms with van der Waals surface area (Å²) in [6.07, 6.45) is 1.45. The molecule has 0 radical (unpaired) electrons. The highest BCUT2D eigenvalue weighted by molar-refractivity contribution is 5.98. The van der Waals surface area contributed by atoms with Gasteiger partial charge in [-0.25, -0.2) is 8.78 Å². The van der Waals surface area contributed by atoms with E-state index in [4.69, 9.17) is 0 Å². The van der Waals surface area contributed by atoms with Gasteiger partial charge in [0.25, 0.3) is 5.91 Å². The van der Waals surface area contributed by atoms with E-state index in [0.717, 1.165) is 12.1 Å². The topological polar surface area (TPSA) is 53.2 Å². The lowest BCUT2D eigenvalue weighted by atomic mass is 10.2. The number of carbonyl (C=O) groups excluding carboxylic acids is 2. The third-order valence-corrected chi connectivity index (χ3v) is 3.09. The summed E-state index contributed by atoms with van der Waals surface area (Å²) in [5.41, 5.74) is 0.857. The van der Waals surface area contributed by atoms with Crippen molar-refractivity contribution in [2.24, 2.45) is 0 Å². The van der Waals surface area contributed by atoms with Gasteiger partial charge < -0.3 is 9.88 Å². The zero-order chi connectivity index (χ0) is 15.6. The molecule has 2 rings (SSSR count). The summed E-state index contributed by atoms with van der Waals surface area (Å²) in [6.45, 7) is 1.40. The Morgan fingerprint density at radius 2 is 1.95 bits per heavy atom. The van der Waals surface area contributed by atoms with Crippen molar-refractivity contribution >= 4 is 11.7 Å². The highest BCUT2D eigenvalue weighted by atomic mass is 19.1. The van der Waals surface area contributed by atoms with Crippen molar-refractivity contribution in [1.29, 1.82) is 0 Å². The number of carbonyl (C=O) groups is 2.